The molecule has 0 aliphatic rings. The number of aromatic nitrogens is 2. The van der Waals surface area contributed by atoms with Crippen LogP contribution in [0.2, 0.25) is 0 Å². The average Bonchev–Trinajstić information content (AvgIpc) is 2.46. The SMILES string of the molecule is COc1cc2c(=O)cc(C(=O)O)[nH]c2c2ncccc12. The topological polar surface area (TPSA) is 92.3 Å². The summed E-state index contributed by atoms with van der Waals surface area (Å²) in [5, 5.41) is 10.1. The summed E-state index contributed by atoms with van der Waals surface area (Å²) >= 11 is 0. The van der Waals surface area contributed by atoms with Gasteiger partial charge in [0.2, 0.25) is 0 Å². The normalized spacial score (nSPS) is 10.8. The minimum Gasteiger partial charge on any atom is -0.496 e. The zero-order valence-corrected chi connectivity index (χ0v) is 10.5. The van der Waals surface area contributed by atoms with Crippen molar-refractivity contribution in [2.45, 2.75) is 0 Å². The number of fused-ring (bicyclic) bond motifs is 3. The van der Waals surface area contributed by atoms with E-state index in [1.165, 1.54) is 7.11 Å². The number of carbonyl (C=O) groups is 1. The molecule has 2 N–H and O–H groups in total. The molecule has 0 amide bonds. The Labute approximate surface area is 112 Å². The number of nitrogens with one attached hydrogen (secondary N) is 1. The molecule has 2 aromatic heterocycles. The fourth-order valence-electron chi connectivity index (χ4n) is 2.20. The molecule has 100 valence electrons. The zero-order valence-electron chi connectivity index (χ0n) is 10.5. The van der Waals surface area contributed by atoms with E-state index in [0.29, 0.717) is 27.6 Å². The molecule has 0 atom stereocenters. The fraction of sp³-hybridized carbons (Fsp3) is 0.0714. The molecule has 1 aromatic carbocycles. The highest BCUT2D eigenvalue weighted by Gasteiger charge is 2.13. The van der Waals surface area contributed by atoms with E-state index in [1.54, 1.807) is 24.4 Å². The van der Waals surface area contributed by atoms with Gasteiger partial charge in [-0.3, -0.25) is 9.78 Å². The maximum Gasteiger partial charge on any atom is 0.352 e. The number of benzene rings is 1. The van der Waals surface area contributed by atoms with Gasteiger partial charge in [0.15, 0.2) is 5.43 Å². The molecule has 2 heterocycles. The van der Waals surface area contributed by atoms with Crippen LogP contribution in [0.1, 0.15) is 10.5 Å². The smallest absolute Gasteiger partial charge is 0.352 e. The third kappa shape index (κ3) is 1.70. The molecule has 0 fully saturated rings. The Balaban J connectivity index is 2.57. The van der Waals surface area contributed by atoms with Gasteiger partial charge in [-0.2, -0.15) is 0 Å². The number of pyridine rings is 2. The van der Waals surface area contributed by atoms with Gasteiger partial charge in [0, 0.05) is 17.6 Å². The van der Waals surface area contributed by atoms with E-state index in [0.717, 1.165) is 6.07 Å². The summed E-state index contributed by atoms with van der Waals surface area (Å²) in [6.45, 7) is 0. The predicted molar refractivity (Wildman–Crippen MR) is 73.4 cm³/mol. The van der Waals surface area contributed by atoms with Gasteiger partial charge < -0.3 is 14.8 Å². The Kier molecular flexibility index (Phi) is 2.64. The van der Waals surface area contributed by atoms with Crippen LogP contribution in [0.4, 0.5) is 0 Å². The number of hydrogen-bond acceptors (Lipinski definition) is 4. The molecular weight excluding hydrogens is 260 g/mol. The highest BCUT2D eigenvalue weighted by Crippen LogP contribution is 2.29. The number of carboxylic acid groups (broad SMARTS) is 1. The first-order chi connectivity index (χ1) is 9.61. The lowest BCUT2D eigenvalue weighted by molar-refractivity contribution is 0.0691. The van der Waals surface area contributed by atoms with Crippen molar-refractivity contribution in [3.05, 3.63) is 46.4 Å². The van der Waals surface area contributed by atoms with Gasteiger partial charge in [-0.15, -0.1) is 0 Å². The molecule has 0 bridgehead atoms. The van der Waals surface area contributed by atoms with E-state index < -0.39 is 5.97 Å². The zero-order chi connectivity index (χ0) is 14.3. The third-order valence-corrected chi connectivity index (χ3v) is 3.11. The van der Waals surface area contributed by atoms with Crippen molar-refractivity contribution in [3.8, 4) is 5.75 Å². The standard InChI is InChI=1S/C14H10N2O4/c1-20-11-5-8-10(17)6-9(14(18)19)16-13(8)12-7(11)3-2-4-15-12/h2-6H,1H3,(H,16,17)(H,18,19). The van der Waals surface area contributed by atoms with Gasteiger partial charge in [0.25, 0.3) is 0 Å². The molecule has 6 heteroatoms. The third-order valence-electron chi connectivity index (χ3n) is 3.11. The maximum absolute atomic E-state index is 12.0. The van der Waals surface area contributed by atoms with Crippen LogP contribution < -0.4 is 10.2 Å². The number of aromatic amines is 1. The van der Waals surface area contributed by atoms with Crippen LogP contribution in [0.5, 0.6) is 5.75 Å². The van der Waals surface area contributed by atoms with E-state index in [9.17, 15) is 9.59 Å². The van der Waals surface area contributed by atoms with Crippen molar-refractivity contribution >= 4 is 27.8 Å². The lowest BCUT2D eigenvalue weighted by atomic mass is 10.1. The molecule has 3 aromatic rings. The summed E-state index contributed by atoms with van der Waals surface area (Å²) in [6.07, 6.45) is 1.58. The number of H-pyrrole nitrogens is 1. The monoisotopic (exact) mass is 270 g/mol. The molecule has 0 aliphatic heterocycles. The summed E-state index contributed by atoms with van der Waals surface area (Å²) in [5.74, 6) is -0.668. The van der Waals surface area contributed by atoms with Crippen LogP contribution in [-0.4, -0.2) is 28.2 Å². The average molecular weight is 270 g/mol. The Bertz CT molecular complexity index is 899. The molecule has 0 radical (unpaired) electrons. The van der Waals surface area contributed by atoms with E-state index in [2.05, 4.69) is 9.97 Å². The molecule has 0 unspecified atom stereocenters. The number of rotatable bonds is 2. The molecule has 0 spiro atoms. The first kappa shape index (κ1) is 12.2. The van der Waals surface area contributed by atoms with Crippen molar-refractivity contribution < 1.29 is 14.6 Å². The van der Waals surface area contributed by atoms with Gasteiger partial charge >= 0.3 is 5.97 Å². The van der Waals surface area contributed by atoms with Gasteiger partial charge in [-0.1, -0.05) is 0 Å². The second-order valence-electron chi connectivity index (χ2n) is 4.25. The minimum atomic E-state index is -1.19. The van der Waals surface area contributed by atoms with Gasteiger partial charge in [-0.05, 0) is 18.2 Å². The summed E-state index contributed by atoms with van der Waals surface area (Å²) in [4.78, 5) is 30.1. The van der Waals surface area contributed by atoms with Crippen LogP contribution in [-0.2, 0) is 0 Å². The highest BCUT2D eigenvalue weighted by molar-refractivity contribution is 6.06. The molecule has 3 rings (SSSR count). The van der Waals surface area contributed by atoms with Crippen molar-refractivity contribution in [1.82, 2.24) is 9.97 Å². The van der Waals surface area contributed by atoms with Crippen molar-refractivity contribution in [3.63, 3.8) is 0 Å². The number of nitrogens with zero attached hydrogens (tertiary/aromatic N) is 1. The van der Waals surface area contributed by atoms with Crippen molar-refractivity contribution in [1.29, 1.82) is 0 Å². The van der Waals surface area contributed by atoms with E-state index in [1.807, 2.05) is 0 Å². The van der Waals surface area contributed by atoms with Crippen LogP contribution in [0.15, 0.2) is 35.3 Å². The Morgan fingerprint density at radius 3 is 2.85 bits per heavy atom. The number of ether oxygens (including phenoxy) is 1. The van der Waals surface area contributed by atoms with Gasteiger partial charge in [0.1, 0.15) is 11.4 Å². The lowest BCUT2D eigenvalue weighted by Gasteiger charge is -2.08. The lowest BCUT2D eigenvalue weighted by Crippen LogP contribution is -2.10. The number of hydrogen-bond donors (Lipinski definition) is 2. The van der Waals surface area contributed by atoms with Crippen molar-refractivity contribution in [2.24, 2.45) is 0 Å². The predicted octanol–water partition coefficient (Wildman–Crippen LogP) is 1.78. The molecule has 0 aliphatic carbocycles. The Morgan fingerprint density at radius 1 is 1.35 bits per heavy atom. The summed E-state index contributed by atoms with van der Waals surface area (Å²) in [5.41, 5.74) is 0.343. The molecule has 0 saturated heterocycles. The number of carboxylic acids is 1. The summed E-state index contributed by atoms with van der Waals surface area (Å²) in [6, 6.07) is 6.19. The first-order valence-electron chi connectivity index (χ1n) is 5.84. The largest absolute Gasteiger partial charge is 0.496 e. The first-order valence-corrected chi connectivity index (χ1v) is 5.84. The van der Waals surface area contributed by atoms with E-state index in [4.69, 9.17) is 9.84 Å². The van der Waals surface area contributed by atoms with Gasteiger partial charge in [-0.25, -0.2) is 4.79 Å². The second-order valence-corrected chi connectivity index (χ2v) is 4.25. The Hall–Kier alpha value is -2.89. The second kappa shape index (κ2) is 4.34. The molecule has 6 nitrogen and oxygen atoms in total. The fourth-order valence-corrected chi connectivity index (χ4v) is 2.20. The van der Waals surface area contributed by atoms with E-state index >= 15 is 0 Å². The number of aromatic carboxylic acids is 1. The molecule has 0 saturated carbocycles. The van der Waals surface area contributed by atoms with Crippen LogP contribution >= 0.6 is 0 Å². The van der Waals surface area contributed by atoms with E-state index in [-0.39, 0.29) is 11.1 Å². The Morgan fingerprint density at radius 2 is 2.15 bits per heavy atom. The minimum absolute atomic E-state index is 0.167. The summed E-state index contributed by atoms with van der Waals surface area (Å²) < 4.78 is 5.26. The maximum atomic E-state index is 12.0. The quantitative estimate of drug-likeness (QED) is 0.692. The van der Waals surface area contributed by atoms with Gasteiger partial charge in [0.05, 0.1) is 23.5 Å². The molecule has 20 heavy (non-hydrogen) atoms. The highest BCUT2D eigenvalue weighted by atomic mass is 16.5. The number of methoxy groups -OCH3 is 1. The van der Waals surface area contributed by atoms with Crippen LogP contribution in [0.3, 0.4) is 0 Å². The van der Waals surface area contributed by atoms with Crippen molar-refractivity contribution in [2.75, 3.05) is 7.11 Å². The molecular formula is C14H10N2O4. The van der Waals surface area contributed by atoms with Crippen LogP contribution in [0, 0.1) is 0 Å². The summed E-state index contributed by atoms with van der Waals surface area (Å²) in [7, 11) is 1.51. The van der Waals surface area contributed by atoms with Crippen LogP contribution in [0.25, 0.3) is 21.8 Å².